The summed E-state index contributed by atoms with van der Waals surface area (Å²) in [6.45, 7) is 3.22. The molecule has 0 saturated carbocycles. The lowest BCUT2D eigenvalue weighted by atomic mass is 10.0. The summed E-state index contributed by atoms with van der Waals surface area (Å²) < 4.78 is 5.08. The molecule has 0 aliphatic carbocycles. The van der Waals surface area contributed by atoms with Gasteiger partial charge in [0, 0.05) is 0 Å². The molecule has 160 valence electrons. The zero-order valence-electron chi connectivity index (χ0n) is 16.3. The molecule has 3 N–H and O–H groups in total. The number of carbonyl (C=O) groups excluding carboxylic acids is 3. The van der Waals surface area contributed by atoms with Crippen LogP contribution >= 0.6 is 12.4 Å². The highest BCUT2D eigenvalue weighted by atomic mass is 35.5. The van der Waals surface area contributed by atoms with Crippen LogP contribution in [0.4, 0.5) is 4.79 Å². The highest BCUT2D eigenvalue weighted by Gasteiger charge is 2.42. The molecule has 1 aliphatic heterocycles. The number of halogens is 1. The molecule has 10 heteroatoms. The number of nitrogens with zero attached hydrogens (tertiary/aromatic N) is 1. The van der Waals surface area contributed by atoms with E-state index in [0.717, 1.165) is 5.56 Å². The molecule has 3 amide bonds. The quantitative estimate of drug-likeness (QED) is 0.501. The van der Waals surface area contributed by atoms with Crippen molar-refractivity contribution in [3.63, 3.8) is 0 Å². The fourth-order valence-corrected chi connectivity index (χ4v) is 3.00. The molecule has 0 spiro atoms. The second-order valence-corrected chi connectivity index (χ2v) is 6.47. The number of carbonyl (C=O) groups is 4. The molecule has 0 aromatic heterocycles. The highest BCUT2D eigenvalue weighted by molar-refractivity contribution is 6.02. The molecule has 1 saturated heterocycles. The van der Waals surface area contributed by atoms with Gasteiger partial charge < -0.3 is 15.2 Å². The second kappa shape index (κ2) is 11.4. The number of amides is 3. The minimum Gasteiger partial charge on any atom is -0.480 e. The summed E-state index contributed by atoms with van der Waals surface area (Å²) in [5, 5.41) is 14.4. The van der Waals surface area contributed by atoms with E-state index in [1.807, 2.05) is 30.3 Å². The summed E-state index contributed by atoms with van der Waals surface area (Å²) in [6.07, 6.45) is 0.967. The van der Waals surface area contributed by atoms with Gasteiger partial charge in [0.2, 0.25) is 5.91 Å². The average molecular weight is 428 g/mol. The Morgan fingerprint density at radius 2 is 1.97 bits per heavy atom. The van der Waals surface area contributed by atoms with Gasteiger partial charge in [0.1, 0.15) is 6.04 Å². The van der Waals surface area contributed by atoms with E-state index < -0.39 is 42.0 Å². The third-order valence-corrected chi connectivity index (χ3v) is 4.46. The van der Waals surface area contributed by atoms with Crippen molar-refractivity contribution in [3.8, 4) is 0 Å². The topological polar surface area (TPSA) is 125 Å². The Labute approximate surface area is 175 Å². The predicted molar refractivity (Wildman–Crippen MR) is 107 cm³/mol. The van der Waals surface area contributed by atoms with Crippen LogP contribution in [-0.2, 0) is 25.5 Å². The van der Waals surface area contributed by atoms with Crippen LogP contribution < -0.4 is 10.6 Å². The first-order valence-corrected chi connectivity index (χ1v) is 9.15. The van der Waals surface area contributed by atoms with Crippen molar-refractivity contribution in [2.75, 3.05) is 13.2 Å². The summed E-state index contributed by atoms with van der Waals surface area (Å²) >= 11 is 0. The van der Waals surface area contributed by atoms with Gasteiger partial charge in [0.15, 0.2) is 6.04 Å². The number of urea groups is 1. The first kappa shape index (κ1) is 24.4. The van der Waals surface area contributed by atoms with Crippen LogP contribution in [0.2, 0.25) is 0 Å². The van der Waals surface area contributed by atoms with Gasteiger partial charge in [0.05, 0.1) is 19.2 Å². The smallest absolute Gasteiger partial charge is 0.328 e. The fraction of sp³-hybridized carbons (Fsp3) is 0.474. The Kier molecular flexibility index (Phi) is 9.57. The van der Waals surface area contributed by atoms with E-state index in [4.69, 9.17) is 4.74 Å². The first-order chi connectivity index (χ1) is 13.3. The van der Waals surface area contributed by atoms with Crippen LogP contribution in [0.1, 0.15) is 25.8 Å². The maximum absolute atomic E-state index is 12.6. The summed E-state index contributed by atoms with van der Waals surface area (Å²) in [5.74, 6) is -2.49. The lowest BCUT2D eigenvalue weighted by Gasteiger charge is -2.25. The third kappa shape index (κ3) is 6.43. The van der Waals surface area contributed by atoms with Crippen molar-refractivity contribution in [1.82, 2.24) is 15.5 Å². The molecule has 2 rings (SSSR count). The number of imide groups is 1. The Hall–Kier alpha value is -2.65. The van der Waals surface area contributed by atoms with E-state index in [2.05, 4.69) is 10.6 Å². The van der Waals surface area contributed by atoms with Gasteiger partial charge >= 0.3 is 18.0 Å². The minimum absolute atomic E-state index is 0. The second-order valence-electron chi connectivity index (χ2n) is 6.47. The standard InChI is InChI=1S/C19H25N3O6.ClH/c1-3-28-18(26)14(10-9-13-7-5-4-6-8-13)21-12(2)16(23)22-15(17(24)25)11-20-19(22)27;/h4-8,12,14-15,21H,3,9-11H2,1-2H3,(H,20,27)(H,24,25);1H/t12-,14-,15-;/m0./s1. The molecule has 1 aliphatic rings. The summed E-state index contributed by atoms with van der Waals surface area (Å²) in [7, 11) is 0. The van der Waals surface area contributed by atoms with E-state index in [-0.39, 0.29) is 25.6 Å². The van der Waals surface area contributed by atoms with E-state index in [1.165, 1.54) is 6.92 Å². The van der Waals surface area contributed by atoms with Crippen LogP contribution in [0.3, 0.4) is 0 Å². The molecular formula is C19H26ClN3O6. The number of hydrogen-bond donors (Lipinski definition) is 3. The number of hydrogen-bond acceptors (Lipinski definition) is 6. The predicted octanol–water partition coefficient (Wildman–Crippen LogP) is 0.956. The van der Waals surface area contributed by atoms with Crippen LogP contribution in [0.5, 0.6) is 0 Å². The highest BCUT2D eigenvalue weighted by Crippen LogP contribution is 2.12. The lowest BCUT2D eigenvalue weighted by molar-refractivity contribution is -0.148. The van der Waals surface area contributed by atoms with Crippen LogP contribution in [0, 0.1) is 0 Å². The largest absolute Gasteiger partial charge is 0.480 e. The zero-order valence-corrected chi connectivity index (χ0v) is 17.1. The van der Waals surface area contributed by atoms with Crippen molar-refractivity contribution in [1.29, 1.82) is 0 Å². The van der Waals surface area contributed by atoms with E-state index in [1.54, 1.807) is 6.92 Å². The Balaban J connectivity index is 0.00000420. The van der Waals surface area contributed by atoms with E-state index in [9.17, 15) is 24.3 Å². The van der Waals surface area contributed by atoms with Gasteiger partial charge in [-0.05, 0) is 32.3 Å². The number of aryl methyl sites for hydroxylation is 1. The van der Waals surface area contributed by atoms with Gasteiger partial charge in [-0.25, -0.2) is 14.5 Å². The van der Waals surface area contributed by atoms with Crippen LogP contribution in [0.15, 0.2) is 30.3 Å². The zero-order chi connectivity index (χ0) is 20.7. The molecule has 1 fully saturated rings. The summed E-state index contributed by atoms with van der Waals surface area (Å²) in [5.41, 5.74) is 1.03. The summed E-state index contributed by atoms with van der Waals surface area (Å²) in [4.78, 5) is 48.8. The molecule has 0 bridgehead atoms. The maximum Gasteiger partial charge on any atom is 0.328 e. The number of benzene rings is 1. The number of carboxylic acids is 1. The van der Waals surface area contributed by atoms with Gasteiger partial charge in [0.25, 0.3) is 0 Å². The molecule has 1 aromatic carbocycles. The van der Waals surface area contributed by atoms with Crippen molar-refractivity contribution >= 4 is 36.3 Å². The Bertz CT molecular complexity index is 730. The fourth-order valence-electron chi connectivity index (χ4n) is 3.00. The normalized spacial score (nSPS) is 17.7. The minimum atomic E-state index is -1.27. The van der Waals surface area contributed by atoms with Crippen molar-refractivity contribution in [3.05, 3.63) is 35.9 Å². The molecule has 29 heavy (non-hydrogen) atoms. The van der Waals surface area contributed by atoms with Gasteiger partial charge in [-0.2, -0.15) is 0 Å². The number of nitrogens with one attached hydrogen (secondary N) is 2. The number of rotatable bonds is 9. The van der Waals surface area contributed by atoms with Crippen LogP contribution in [-0.4, -0.2) is 65.2 Å². The number of aliphatic carboxylic acids is 1. The molecule has 1 aromatic rings. The van der Waals surface area contributed by atoms with Crippen LogP contribution in [0.25, 0.3) is 0 Å². The maximum atomic E-state index is 12.6. The number of ether oxygens (including phenoxy) is 1. The Morgan fingerprint density at radius 1 is 1.31 bits per heavy atom. The monoisotopic (exact) mass is 427 g/mol. The molecule has 3 atom stereocenters. The number of esters is 1. The van der Waals surface area contributed by atoms with E-state index in [0.29, 0.717) is 17.7 Å². The van der Waals surface area contributed by atoms with E-state index >= 15 is 0 Å². The average Bonchev–Trinajstić information content (AvgIpc) is 3.07. The molecule has 0 unspecified atom stereocenters. The third-order valence-electron chi connectivity index (χ3n) is 4.46. The lowest BCUT2D eigenvalue weighted by Crippen LogP contribution is -2.54. The van der Waals surface area contributed by atoms with Gasteiger partial charge in [-0.15, -0.1) is 12.4 Å². The Morgan fingerprint density at radius 3 is 2.55 bits per heavy atom. The van der Waals surface area contributed by atoms with Gasteiger partial charge in [-0.1, -0.05) is 30.3 Å². The van der Waals surface area contributed by atoms with Gasteiger partial charge in [-0.3, -0.25) is 14.9 Å². The SMILES string of the molecule is CCOC(=O)[C@H](CCc1ccccc1)N[C@@H](C)C(=O)N1C(=O)NC[C@H]1C(=O)O.Cl. The van der Waals surface area contributed by atoms with Crippen molar-refractivity contribution in [2.45, 2.75) is 44.8 Å². The molecule has 1 heterocycles. The first-order valence-electron chi connectivity index (χ1n) is 9.15. The summed E-state index contributed by atoms with van der Waals surface area (Å²) in [6, 6.07) is 5.80. The number of carboxylic acid groups (broad SMARTS) is 1. The molecule has 0 radical (unpaired) electrons. The van der Waals surface area contributed by atoms with Crippen molar-refractivity contribution < 1.29 is 29.0 Å². The van der Waals surface area contributed by atoms with Crippen molar-refractivity contribution in [2.24, 2.45) is 0 Å². The molecular weight excluding hydrogens is 402 g/mol. The molecule has 9 nitrogen and oxygen atoms in total.